The van der Waals surface area contributed by atoms with E-state index in [2.05, 4.69) is 61.6 Å². The number of nitrogens with one attached hydrogen (secondary N) is 1. The molecular formula is C24H32N2O. The van der Waals surface area contributed by atoms with E-state index in [9.17, 15) is 4.79 Å². The minimum Gasteiger partial charge on any atom is -0.343 e. The van der Waals surface area contributed by atoms with Crippen LogP contribution in [0.1, 0.15) is 66.6 Å². The maximum atomic E-state index is 13.3. The summed E-state index contributed by atoms with van der Waals surface area (Å²) in [6, 6.07) is 18.5. The molecule has 0 bridgehead atoms. The fraction of sp³-hybridized carbons (Fsp3) is 0.458. The molecule has 0 aromatic heterocycles. The standard InChI is InChI=1S/C24H32N2O/c1-4-12-19-13-8-9-16-21(19)23(27)25-22(20-14-6-5-7-15-20)24(26(2)3)17-10-11-18-24/h5-9,13-16,22H,4,10-12,17-18H2,1-3H3,(H,25,27). The fourth-order valence-corrected chi connectivity index (χ4v) is 4.59. The lowest BCUT2D eigenvalue weighted by Crippen LogP contribution is -2.53. The Hall–Kier alpha value is -2.13. The van der Waals surface area contributed by atoms with E-state index < -0.39 is 0 Å². The number of hydrogen-bond donors (Lipinski definition) is 1. The number of benzene rings is 2. The predicted octanol–water partition coefficient (Wildman–Crippen LogP) is 4.98. The minimum atomic E-state index is -0.0310. The average molecular weight is 365 g/mol. The monoisotopic (exact) mass is 364 g/mol. The number of carbonyl (C=O) groups excluding carboxylic acids is 1. The second-order valence-corrected chi connectivity index (χ2v) is 7.93. The third-order valence-electron chi connectivity index (χ3n) is 6.09. The zero-order valence-electron chi connectivity index (χ0n) is 16.9. The van der Waals surface area contributed by atoms with Gasteiger partial charge in [-0.05, 0) is 50.6 Å². The molecule has 0 radical (unpaired) electrons. The van der Waals surface area contributed by atoms with Crippen LogP contribution >= 0.6 is 0 Å². The van der Waals surface area contributed by atoms with E-state index in [0.717, 1.165) is 36.8 Å². The first-order valence-corrected chi connectivity index (χ1v) is 10.2. The van der Waals surface area contributed by atoms with Gasteiger partial charge >= 0.3 is 0 Å². The van der Waals surface area contributed by atoms with Crippen LogP contribution in [0.2, 0.25) is 0 Å². The summed E-state index contributed by atoms with van der Waals surface area (Å²) in [4.78, 5) is 15.6. The molecular weight excluding hydrogens is 332 g/mol. The third-order valence-corrected chi connectivity index (χ3v) is 6.09. The lowest BCUT2D eigenvalue weighted by molar-refractivity contribution is 0.0765. The van der Waals surface area contributed by atoms with Crippen LogP contribution in [-0.4, -0.2) is 30.4 Å². The average Bonchev–Trinajstić information content (AvgIpc) is 3.18. The summed E-state index contributed by atoms with van der Waals surface area (Å²) < 4.78 is 0. The number of amides is 1. The number of carbonyl (C=O) groups is 1. The van der Waals surface area contributed by atoms with Gasteiger partial charge in [-0.15, -0.1) is 0 Å². The lowest BCUT2D eigenvalue weighted by Gasteiger charge is -2.44. The molecule has 1 aliphatic rings. The Morgan fingerprint density at radius 3 is 2.30 bits per heavy atom. The van der Waals surface area contributed by atoms with E-state index in [0.29, 0.717) is 0 Å². The first kappa shape index (κ1) is 19.6. The molecule has 1 aliphatic carbocycles. The van der Waals surface area contributed by atoms with Crippen molar-refractivity contribution in [3.8, 4) is 0 Å². The highest BCUT2D eigenvalue weighted by molar-refractivity contribution is 5.96. The van der Waals surface area contributed by atoms with Gasteiger partial charge in [-0.1, -0.05) is 74.7 Å². The summed E-state index contributed by atoms with van der Waals surface area (Å²) in [5.41, 5.74) is 3.10. The summed E-state index contributed by atoms with van der Waals surface area (Å²) >= 11 is 0. The van der Waals surface area contributed by atoms with Crippen LogP contribution in [-0.2, 0) is 6.42 Å². The molecule has 1 atom stereocenters. The zero-order valence-corrected chi connectivity index (χ0v) is 16.9. The predicted molar refractivity (Wildman–Crippen MR) is 112 cm³/mol. The van der Waals surface area contributed by atoms with Gasteiger partial charge in [-0.3, -0.25) is 4.79 Å². The summed E-state index contributed by atoms with van der Waals surface area (Å²) in [6.45, 7) is 2.15. The first-order valence-electron chi connectivity index (χ1n) is 10.2. The molecule has 0 saturated heterocycles. The summed E-state index contributed by atoms with van der Waals surface area (Å²) in [7, 11) is 4.30. The Morgan fingerprint density at radius 1 is 1.04 bits per heavy atom. The van der Waals surface area contributed by atoms with Crippen LogP contribution in [0.4, 0.5) is 0 Å². The van der Waals surface area contributed by atoms with Crippen molar-refractivity contribution in [3.63, 3.8) is 0 Å². The molecule has 0 aliphatic heterocycles. The largest absolute Gasteiger partial charge is 0.343 e. The van der Waals surface area contributed by atoms with Crippen LogP contribution in [0, 0.1) is 0 Å². The third kappa shape index (κ3) is 4.08. The molecule has 3 rings (SSSR count). The van der Waals surface area contributed by atoms with Gasteiger partial charge in [-0.25, -0.2) is 0 Å². The SMILES string of the molecule is CCCc1ccccc1C(=O)NC(c1ccccc1)C1(N(C)C)CCCC1. The van der Waals surface area contributed by atoms with Crippen molar-refractivity contribution < 1.29 is 4.79 Å². The van der Waals surface area contributed by atoms with E-state index in [1.165, 1.54) is 18.4 Å². The van der Waals surface area contributed by atoms with Crippen molar-refractivity contribution in [1.82, 2.24) is 10.2 Å². The highest BCUT2D eigenvalue weighted by Crippen LogP contribution is 2.43. The van der Waals surface area contributed by atoms with E-state index in [1.54, 1.807) is 0 Å². The molecule has 0 spiro atoms. The number of rotatable bonds is 7. The van der Waals surface area contributed by atoms with Crippen molar-refractivity contribution >= 4 is 5.91 Å². The van der Waals surface area contributed by atoms with E-state index in [-0.39, 0.29) is 17.5 Å². The second kappa shape index (κ2) is 8.71. The van der Waals surface area contributed by atoms with Crippen molar-refractivity contribution in [3.05, 3.63) is 71.3 Å². The maximum Gasteiger partial charge on any atom is 0.252 e. The number of likely N-dealkylation sites (N-methyl/N-ethyl adjacent to an activating group) is 1. The van der Waals surface area contributed by atoms with Gasteiger partial charge in [0.15, 0.2) is 0 Å². The fourth-order valence-electron chi connectivity index (χ4n) is 4.59. The van der Waals surface area contributed by atoms with E-state index in [4.69, 9.17) is 0 Å². The van der Waals surface area contributed by atoms with Gasteiger partial charge in [0.25, 0.3) is 5.91 Å². The minimum absolute atomic E-state index is 0.0154. The zero-order chi connectivity index (χ0) is 19.3. The summed E-state index contributed by atoms with van der Waals surface area (Å²) in [6.07, 6.45) is 6.60. The Bertz CT molecular complexity index is 748. The molecule has 27 heavy (non-hydrogen) atoms. The van der Waals surface area contributed by atoms with Gasteiger partial charge in [0.1, 0.15) is 0 Å². The molecule has 1 fully saturated rings. The maximum absolute atomic E-state index is 13.3. The van der Waals surface area contributed by atoms with Crippen LogP contribution in [0.5, 0.6) is 0 Å². The van der Waals surface area contributed by atoms with Gasteiger partial charge in [0, 0.05) is 11.1 Å². The van der Waals surface area contributed by atoms with Crippen LogP contribution < -0.4 is 5.32 Å². The molecule has 1 saturated carbocycles. The Balaban J connectivity index is 1.96. The molecule has 1 N–H and O–H groups in total. The highest BCUT2D eigenvalue weighted by atomic mass is 16.1. The first-order chi connectivity index (χ1) is 13.1. The molecule has 3 heteroatoms. The number of hydrogen-bond acceptors (Lipinski definition) is 2. The van der Waals surface area contributed by atoms with Crippen LogP contribution in [0.3, 0.4) is 0 Å². The van der Waals surface area contributed by atoms with Crippen LogP contribution in [0.15, 0.2) is 54.6 Å². The van der Waals surface area contributed by atoms with Crippen LogP contribution in [0.25, 0.3) is 0 Å². The molecule has 3 nitrogen and oxygen atoms in total. The topological polar surface area (TPSA) is 32.3 Å². The molecule has 2 aromatic rings. The molecule has 2 aromatic carbocycles. The van der Waals surface area contributed by atoms with Crippen molar-refractivity contribution in [2.75, 3.05) is 14.1 Å². The van der Waals surface area contributed by atoms with Crippen molar-refractivity contribution in [2.45, 2.75) is 57.0 Å². The quantitative estimate of drug-likeness (QED) is 0.751. The molecule has 1 unspecified atom stereocenters. The van der Waals surface area contributed by atoms with Gasteiger partial charge in [-0.2, -0.15) is 0 Å². The molecule has 0 heterocycles. The molecule has 1 amide bonds. The number of aryl methyl sites for hydroxylation is 1. The highest BCUT2D eigenvalue weighted by Gasteiger charge is 2.44. The Labute approximate surface area is 163 Å². The van der Waals surface area contributed by atoms with Crippen molar-refractivity contribution in [2.24, 2.45) is 0 Å². The number of nitrogens with zero attached hydrogens (tertiary/aromatic N) is 1. The van der Waals surface area contributed by atoms with E-state index in [1.807, 2.05) is 24.3 Å². The van der Waals surface area contributed by atoms with Gasteiger partial charge < -0.3 is 10.2 Å². The summed E-state index contributed by atoms with van der Waals surface area (Å²) in [5, 5.41) is 3.43. The van der Waals surface area contributed by atoms with Gasteiger partial charge in [0.2, 0.25) is 0 Å². The van der Waals surface area contributed by atoms with Gasteiger partial charge in [0.05, 0.1) is 6.04 Å². The smallest absolute Gasteiger partial charge is 0.252 e. The van der Waals surface area contributed by atoms with E-state index >= 15 is 0 Å². The second-order valence-electron chi connectivity index (χ2n) is 7.93. The Kier molecular flexibility index (Phi) is 6.33. The molecule has 144 valence electrons. The lowest BCUT2D eigenvalue weighted by atomic mass is 9.82. The Morgan fingerprint density at radius 2 is 1.67 bits per heavy atom. The normalized spacial score (nSPS) is 17.0. The van der Waals surface area contributed by atoms with Crippen molar-refractivity contribution in [1.29, 1.82) is 0 Å². The summed E-state index contributed by atoms with van der Waals surface area (Å²) in [5.74, 6) is 0.0426.